The summed E-state index contributed by atoms with van der Waals surface area (Å²) in [5.74, 6) is -3.02. The molecule has 2 saturated heterocycles. The molecule has 0 N–H and O–H groups in total. The number of hydrogen-bond donors (Lipinski definition) is 0. The first-order valence-corrected chi connectivity index (χ1v) is 8.92. The molecule has 7 nitrogen and oxygen atoms in total. The number of cyclic esters (lactones) is 1. The number of benzene rings is 1. The first kappa shape index (κ1) is 17.1. The summed E-state index contributed by atoms with van der Waals surface area (Å²) < 4.78 is 28.8. The monoisotopic (exact) mass is 372 g/mol. The minimum absolute atomic E-state index is 0.0136. The first-order valence-electron chi connectivity index (χ1n) is 8.92. The van der Waals surface area contributed by atoms with Crippen molar-refractivity contribution in [3.05, 3.63) is 48.0 Å². The maximum atomic E-state index is 13.2. The molecule has 1 aromatic carbocycles. The molecule has 1 aromatic rings. The van der Waals surface area contributed by atoms with Crippen molar-refractivity contribution in [3.63, 3.8) is 0 Å². The highest BCUT2D eigenvalue weighted by Crippen LogP contribution is 2.70. The zero-order valence-corrected chi connectivity index (χ0v) is 15.0. The summed E-state index contributed by atoms with van der Waals surface area (Å²) in [4.78, 5) is 26.0. The van der Waals surface area contributed by atoms with Gasteiger partial charge in [0.05, 0.1) is 12.5 Å². The molecule has 2 bridgehead atoms. The first-order chi connectivity index (χ1) is 13.1. The Bertz CT molecular complexity index is 830. The Kier molecular flexibility index (Phi) is 3.46. The Morgan fingerprint density at radius 2 is 1.89 bits per heavy atom. The molecule has 2 heterocycles. The summed E-state index contributed by atoms with van der Waals surface area (Å²) in [5, 5.41) is 0. The maximum Gasteiger partial charge on any atom is 0.342 e. The second kappa shape index (κ2) is 5.48. The van der Waals surface area contributed by atoms with Crippen molar-refractivity contribution >= 4 is 11.8 Å². The zero-order valence-electron chi connectivity index (χ0n) is 15.0. The van der Waals surface area contributed by atoms with Crippen molar-refractivity contribution < 1.29 is 33.3 Å². The summed E-state index contributed by atoms with van der Waals surface area (Å²) in [6, 6.07) is 9.65. The van der Waals surface area contributed by atoms with Gasteiger partial charge < -0.3 is 23.7 Å². The molecule has 1 saturated carbocycles. The van der Waals surface area contributed by atoms with Crippen LogP contribution < -0.4 is 0 Å². The van der Waals surface area contributed by atoms with Crippen molar-refractivity contribution in [3.8, 4) is 0 Å². The molecule has 2 spiro atoms. The number of epoxide rings is 1. The molecule has 5 unspecified atom stereocenters. The van der Waals surface area contributed by atoms with Gasteiger partial charge in [0.25, 0.3) is 0 Å². The Hall–Kier alpha value is -2.06. The number of carbonyl (C=O) groups is 2. The molecule has 0 aromatic heterocycles. The van der Waals surface area contributed by atoms with E-state index in [1.165, 1.54) is 14.2 Å². The number of esters is 1. The fourth-order valence-corrected chi connectivity index (χ4v) is 5.16. The average Bonchev–Trinajstić information content (AvgIpc) is 3.47. The van der Waals surface area contributed by atoms with Crippen LogP contribution in [0.5, 0.6) is 0 Å². The third-order valence-electron chi connectivity index (χ3n) is 6.38. The molecule has 27 heavy (non-hydrogen) atoms. The highest BCUT2D eigenvalue weighted by molar-refractivity contribution is 6.02. The van der Waals surface area contributed by atoms with E-state index >= 15 is 0 Å². The van der Waals surface area contributed by atoms with Crippen LogP contribution in [0.2, 0.25) is 0 Å². The summed E-state index contributed by atoms with van der Waals surface area (Å²) >= 11 is 0. The van der Waals surface area contributed by atoms with Gasteiger partial charge in [0.2, 0.25) is 17.2 Å². The smallest absolute Gasteiger partial charge is 0.342 e. The van der Waals surface area contributed by atoms with E-state index < -0.39 is 40.9 Å². The number of hydrogen-bond acceptors (Lipinski definition) is 7. The van der Waals surface area contributed by atoms with Crippen molar-refractivity contribution in [1.82, 2.24) is 0 Å². The van der Waals surface area contributed by atoms with Crippen LogP contribution in [0.4, 0.5) is 0 Å². The van der Waals surface area contributed by atoms with Crippen LogP contribution >= 0.6 is 0 Å². The lowest BCUT2D eigenvalue weighted by molar-refractivity contribution is -0.306. The van der Waals surface area contributed by atoms with E-state index in [-0.39, 0.29) is 12.4 Å². The normalized spacial score (nSPS) is 40.3. The SMILES string of the molecule is COC1(OC)C(=O)C2C=CC13C(OCc1ccccc1)COC(=O)C31OC21. The van der Waals surface area contributed by atoms with E-state index in [2.05, 4.69) is 0 Å². The number of Topliss-reactive ketones (excluding diaryl/α,β-unsaturated/α-hetero) is 1. The van der Waals surface area contributed by atoms with E-state index in [0.717, 1.165) is 5.56 Å². The number of methoxy groups -OCH3 is 2. The Morgan fingerprint density at radius 3 is 2.59 bits per heavy atom. The van der Waals surface area contributed by atoms with Gasteiger partial charge in [-0.2, -0.15) is 0 Å². The molecule has 7 heteroatoms. The van der Waals surface area contributed by atoms with Gasteiger partial charge in [-0.1, -0.05) is 42.5 Å². The van der Waals surface area contributed by atoms with Crippen LogP contribution in [-0.4, -0.2) is 56.2 Å². The van der Waals surface area contributed by atoms with Crippen LogP contribution in [0.3, 0.4) is 0 Å². The predicted molar refractivity (Wildman–Crippen MR) is 90.4 cm³/mol. The maximum absolute atomic E-state index is 13.2. The second-order valence-corrected chi connectivity index (χ2v) is 7.30. The summed E-state index contributed by atoms with van der Waals surface area (Å²) in [5.41, 5.74) is -1.59. The van der Waals surface area contributed by atoms with Gasteiger partial charge >= 0.3 is 5.97 Å². The number of ether oxygens (including phenoxy) is 5. The van der Waals surface area contributed by atoms with E-state index in [0.29, 0.717) is 6.61 Å². The third-order valence-corrected chi connectivity index (χ3v) is 6.38. The summed E-state index contributed by atoms with van der Waals surface area (Å²) in [7, 11) is 2.81. The quantitative estimate of drug-likeness (QED) is 0.330. The average molecular weight is 372 g/mol. The highest BCUT2D eigenvalue weighted by Gasteiger charge is 2.92. The Morgan fingerprint density at radius 1 is 1.15 bits per heavy atom. The van der Waals surface area contributed by atoms with Crippen molar-refractivity contribution in [2.24, 2.45) is 11.3 Å². The minimum Gasteiger partial charge on any atom is -0.461 e. The van der Waals surface area contributed by atoms with Gasteiger partial charge in [-0.05, 0) is 5.56 Å². The van der Waals surface area contributed by atoms with Crippen LogP contribution in [-0.2, 0) is 39.9 Å². The van der Waals surface area contributed by atoms with Crippen LogP contribution in [0.25, 0.3) is 0 Å². The molecule has 2 aliphatic heterocycles. The second-order valence-electron chi connectivity index (χ2n) is 7.30. The van der Waals surface area contributed by atoms with Crippen LogP contribution in [0.1, 0.15) is 5.56 Å². The Labute approximate surface area is 156 Å². The molecule has 0 radical (unpaired) electrons. The number of carbonyl (C=O) groups excluding carboxylic acids is 2. The molecular formula is C20H20O7. The largest absolute Gasteiger partial charge is 0.461 e. The number of rotatable bonds is 5. The van der Waals surface area contributed by atoms with Gasteiger partial charge in [-0.3, -0.25) is 4.79 Å². The van der Waals surface area contributed by atoms with Gasteiger partial charge in [0, 0.05) is 14.2 Å². The van der Waals surface area contributed by atoms with Crippen molar-refractivity contribution in [1.29, 1.82) is 0 Å². The lowest BCUT2D eigenvalue weighted by Gasteiger charge is -2.57. The molecule has 6 rings (SSSR count). The van der Waals surface area contributed by atoms with E-state index in [1.54, 1.807) is 6.08 Å². The van der Waals surface area contributed by atoms with E-state index in [4.69, 9.17) is 23.7 Å². The molecular weight excluding hydrogens is 352 g/mol. The van der Waals surface area contributed by atoms with Gasteiger partial charge in [0.1, 0.15) is 24.2 Å². The summed E-state index contributed by atoms with van der Waals surface area (Å²) in [6.45, 7) is 0.279. The fourth-order valence-electron chi connectivity index (χ4n) is 5.16. The summed E-state index contributed by atoms with van der Waals surface area (Å²) in [6.07, 6.45) is 2.36. The lowest BCUT2D eigenvalue weighted by Crippen LogP contribution is -2.78. The molecule has 5 aliphatic rings. The molecule has 5 atom stereocenters. The fraction of sp³-hybridized carbons (Fsp3) is 0.500. The third kappa shape index (κ3) is 1.76. The lowest BCUT2D eigenvalue weighted by atomic mass is 9.51. The molecule has 3 fully saturated rings. The van der Waals surface area contributed by atoms with Gasteiger partial charge in [-0.15, -0.1) is 0 Å². The molecule has 142 valence electrons. The Balaban J connectivity index is 1.60. The highest BCUT2D eigenvalue weighted by atomic mass is 16.7. The predicted octanol–water partition coefficient (Wildman–Crippen LogP) is 1.01. The minimum atomic E-state index is -1.67. The van der Waals surface area contributed by atoms with E-state index in [1.807, 2.05) is 36.4 Å². The van der Waals surface area contributed by atoms with Crippen molar-refractivity contribution in [2.75, 3.05) is 20.8 Å². The van der Waals surface area contributed by atoms with E-state index in [9.17, 15) is 9.59 Å². The molecule has 0 amide bonds. The molecule has 3 aliphatic carbocycles. The number of fused-ring (bicyclic) bond motifs is 1. The number of ketones is 1. The van der Waals surface area contributed by atoms with Crippen molar-refractivity contribution in [2.45, 2.75) is 30.2 Å². The zero-order chi connectivity index (χ0) is 18.9. The topological polar surface area (TPSA) is 83.6 Å². The van der Waals surface area contributed by atoms with Crippen LogP contribution in [0, 0.1) is 11.3 Å². The standard InChI is InChI=1S/C20H20O7/c1-23-20(24-2)15(21)13-8-9-18(20)14(25-10-12-6-4-3-5-7-12)11-26-17(22)19(18)16(13)27-19/h3-9,13-14,16H,10-11H2,1-2H3. The van der Waals surface area contributed by atoms with Crippen LogP contribution in [0.15, 0.2) is 42.5 Å². The van der Waals surface area contributed by atoms with Gasteiger partial charge in [0.15, 0.2) is 0 Å². The van der Waals surface area contributed by atoms with Gasteiger partial charge in [-0.25, -0.2) is 4.79 Å².